The third kappa shape index (κ3) is 4.50. The molecule has 3 aliphatic rings. The first kappa shape index (κ1) is 29.2. The number of fused-ring (bicyclic) bond motifs is 7. The number of hydrogen-bond donors (Lipinski definition) is 1. The van der Waals surface area contributed by atoms with Crippen molar-refractivity contribution in [3.8, 4) is 11.1 Å². The van der Waals surface area contributed by atoms with Crippen LogP contribution in [0.1, 0.15) is 54.7 Å². The van der Waals surface area contributed by atoms with E-state index in [-0.39, 0.29) is 23.8 Å². The summed E-state index contributed by atoms with van der Waals surface area (Å²) in [6.45, 7) is 4.71. The summed E-state index contributed by atoms with van der Waals surface area (Å²) in [7, 11) is 0. The summed E-state index contributed by atoms with van der Waals surface area (Å²) in [5.41, 5.74) is 11.0. The highest BCUT2D eigenvalue weighted by Gasteiger charge is 2.36. The Bertz CT molecular complexity index is 2570. The van der Waals surface area contributed by atoms with Crippen LogP contribution in [-0.2, 0) is 5.41 Å². The van der Waals surface area contributed by atoms with Crippen molar-refractivity contribution in [2.45, 2.75) is 44.1 Å². The van der Waals surface area contributed by atoms with Crippen molar-refractivity contribution >= 4 is 44.6 Å². The van der Waals surface area contributed by atoms with Gasteiger partial charge in [-0.25, -0.2) is 0 Å². The first-order valence-corrected chi connectivity index (χ1v) is 17.5. The van der Waals surface area contributed by atoms with Gasteiger partial charge in [0.25, 0.3) is 0 Å². The minimum Gasteiger partial charge on any atom is -0.611 e. The molecule has 0 amide bonds. The lowest BCUT2D eigenvalue weighted by molar-refractivity contribution is 0.631. The van der Waals surface area contributed by atoms with Crippen molar-refractivity contribution in [1.29, 1.82) is 0 Å². The van der Waals surface area contributed by atoms with Gasteiger partial charge in [-0.3, -0.25) is 9.98 Å². The van der Waals surface area contributed by atoms with Crippen LogP contribution in [0.5, 0.6) is 0 Å². The van der Waals surface area contributed by atoms with E-state index in [0.717, 1.165) is 29.1 Å². The number of amidine groups is 1. The van der Waals surface area contributed by atoms with Crippen molar-refractivity contribution in [2.24, 2.45) is 9.98 Å². The van der Waals surface area contributed by atoms with Gasteiger partial charge in [0.15, 0.2) is 0 Å². The molecule has 1 aromatic heterocycles. The summed E-state index contributed by atoms with van der Waals surface area (Å²) < 4.78 is 2.50. The molecule has 50 heavy (non-hydrogen) atoms. The van der Waals surface area contributed by atoms with Gasteiger partial charge >= 0.3 is 0 Å². The lowest BCUT2D eigenvalue weighted by atomic mass is 9.82. The number of hydrogen-bond acceptors (Lipinski definition) is 3. The van der Waals surface area contributed by atoms with Crippen molar-refractivity contribution in [1.82, 2.24) is 9.88 Å². The topological polar surface area (TPSA) is 55.8 Å². The van der Waals surface area contributed by atoms with Gasteiger partial charge in [-0.15, -0.1) is 0 Å². The molecule has 6 aromatic carbocycles. The number of aromatic nitrogens is 1. The molecule has 10 rings (SSSR count). The Labute approximate surface area is 291 Å². The van der Waals surface area contributed by atoms with Crippen LogP contribution < -0.4 is 5.32 Å². The van der Waals surface area contributed by atoms with Crippen LogP contribution in [-0.4, -0.2) is 22.8 Å². The van der Waals surface area contributed by atoms with E-state index in [9.17, 15) is 0 Å². The molecule has 242 valence electrons. The summed E-state index contributed by atoms with van der Waals surface area (Å²) in [6, 6.07) is 48.0. The highest BCUT2D eigenvalue weighted by atomic mass is 15.3. The number of rotatable bonds is 4. The molecule has 3 atom stereocenters. The summed E-state index contributed by atoms with van der Waals surface area (Å²) in [4.78, 5) is 10.3. The van der Waals surface area contributed by atoms with Gasteiger partial charge in [-0.05, 0) is 81.6 Å². The summed E-state index contributed by atoms with van der Waals surface area (Å²) in [5.74, 6) is 0.836. The number of para-hydroxylation sites is 1. The van der Waals surface area contributed by atoms with Crippen LogP contribution in [0.2, 0.25) is 0 Å². The fourth-order valence-electron chi connectivity index (χ4n) is 8.36. The van der Waals surface area contributed by atoms with Gasteiger partial charge in [0, 0.05) is 39.2 Å². The maximum Gasteiger partial charge on any atom is 0.126 e. The van der Waals surface area contributed by atoms with Crippen LogP contribution >= 0.6 is 0 Å². The van der Waals surface area contributed by atoms with Crippen LogP contribution in [0.15, 0.2) is 155 Å². The summed E-state index contributed by atoms with van der Waals surface area (Å²) >= 11 is 0. The van der Waals surface area contributed by atoms with E-state index in [1.807, 2.05) is 6.07 Å². The number of nitrogens with one attached hydrogen (secondary N) is 1. The molecule has 0 fully saturated rings. The fourth-order valence-corrected chi connectivity index (χ4v) is 8.36. The monoisotopic (exact) mass is 646 g/mol. The first-order valence-electron chi connectivity index (χ1n) is 17.5. The molecule has 0 radical (unpaired) electrons. The molecule has 7 aromatic rings. The molecular formula is C45H36N5-. The Morgan fingerprint density at radius 2 is 1.48 bits per heavy atom. The van der Waals surface area contributed by atoms with E-state index >= 15 is 0 Å². The maximum atomic E-state index is 5.19. The van der Waals surface area contributed by atoms with Crippen molar-refractivity contribution in [2.75, 3.05) is 0 Å². The Kier molecular flexibility index (Phi) is 6.49. The van der Waals surface area contributed by atoms with Gasteiger partial charge in [-0.1, -0.05) is 129 Å². The number of nitrogens with zero attached hydrogens (tertiary/aromatic N) is 4. The summed E-state index contributed by atoms with van der Waals surface area (Å²) in [5, 5.41) is 13.8. The third-order valence-corrected chi connectivity index (χ3v) is 10.9. The quantitative estimate of drug-likeness (QED) is 0.203. The molecule has 0 saturated carbocycles. The fraction of sp³-hybridized carbons (Fsp3) is 0.156. The van der Waals surface area contributed by atoms with Gasteiger partial charge in [0.2, 0.25) is 0 Å². The Morgan fingerprint density at radius 3 is 2.34 bits per heavy atom. The smallest absolute Gasteiger partial charge is 0.126 e. The molecular weight excluding hydrogens is 611 g/mol. The molecule has 5 nitrogen and oxygen atoms in total. The lowest BCUT2D eigenvalue weighted by Gasteiger charge is -2.44. The predicted octanol–water partition coefficient (Wildman–Crippen LogP) is 10.6. The van der Waals surface area contributed by atoms with E-state index in [4.69, 9.17) is 15.3 Å². The number of benzene rings is 6. The standard InChI is InChI=1S/C45H36N5/c1-45(2)37-18-10-8-16-33(37)35-25-36-34-17-9-11-19-40(34)50(41(36)26-38(35)45)32-22-23-39(46-27-32)44-48-42(29-13-4-3-5-14-29)47-43(49-44)31-21-20-28-12-6-7-15-30(28)24-31/h3-21,23-27,32,42,44H,22H2,1-2H3,(H,47,49)/q-1. The molecule has 3 unspecified atom stereocenters. The predicted molar refractivity (Wildman–Crippen MR) is 207 cm³/mol. The second-order valence-electron chi connectivity index (χ2n) is 14.2. The molecule has 1 aliphatic carbocycles. The molecule has 0 spiro atoms. The van der Waals surface area contributed by atoms with Crippen LogP contribution in [0.25, 0.3) is 49.0 Å². The van der Waals surface area contributed by atoms with E-state index in [0.29, 0.717) is 0 Å². The highest BCUT2D eigenvalue weighted by molar-refractivity contribution is 6.11. The van der Waals surface area contributed by atoms with Crippen LogP contribution in [0, 0.1) is 0 Å². The minimum absolute atomic E-state index is 0.0666. The maximum absolute atomic E-state index is 5.19. The zero-order valence-electron chi connectivity index (χ0n) is 28.1. The molecule has 0 saturated heterocycles. The molecule has 2 aliphatic heterocycles. The Hall–Kier alpha value is -5.78. The van der Waals surface area contributed by atoms with E-state index < -0.39 is 0 Å². The zero-order chi connectivity index (χ0) is 33.4. The SMILES string of the molecule is CC1(C)c2ccccc2-c2cc3c4ccccc4n(C4C=NC(C5[N-]C(c6ccccc6)N=C(c6ccc7ccccc7c6)N5)=CC4)c3cc21. The second-order valence-corrected chi connectivity index (χ2v) is 14.2. The molecule has 5 heteroatoms. The van der Waals surface area contributed by atoms with Crippen molar-refractivity contribution in [3.05, 3.63) is 173 Å². The highest BCUT2D eigenvalue weighted by Crippen LogP contribution is 2.51. The second kappa shape index (κ2) is 11.1. The lowest BCUT2D eigenvalue weighted by Crippen LogP contribution is -2.41. The number of allylic oxidation sites excluding steroid dienone is 1. The largest absolute Gasteiger partial charge is 0.611 e. The van der Waals surface area contributed by atoms with E-state index in [1.165, 1.54) is 54.8 Å². The third-order valence-electron chi connectivity index (χ3n) is 10.9. The summed E-state index contributed by atoms with van der Waals surface area (Å²) in [6.07, 6.45) is 4.57. The van der Waals surface area contributed by atoms with Crippen molar-refractivity contribution in [3.63, 3.8) is 0 Å². The molecule has 1 N–H and O–H groups in total. The van der Waals surface area contributed by atoms with Crippen molar-refractivity contribution < 1.29 is 0 Å². The number of aliphatic imine (C=N–C) groups is 2. The van der Waals surface area contributed by atoms with E-state index in [1.54, 1.807) is 0 Å². The Balaban J connectivity index is 1.02. The van der Waals surface area contributed by atoms with Crippen LogP contribution in [0.3, 0.4) is 0 Å². The Morgan fingerprint density at radius 1 is 0.700 bits per heavy atom. The van der Waals surface area contributed by atoms with Gasteiger partial charge in [0.1, 0.15) is 5.84 Å². The zero-order valence-corrected chi connectivity index (χ0v) is 28.1. The minimum atomic E-state index is -0.329. The van der Waals surface area contributed by atoms with Gasteiger partial charge in [0.05, 0.1) is 11.6 Å². The van der Waals surface area contributed by atoms with E-state index in [2.05, 4.69) is 163 Å². The van der Waals surface area contributed by atoms with Crippen LogP contribution in [0.4, 0.5) is 0 Å². The van der Waals surface area contributed by atoms with Gasteiger partial charge < -0.3 is 15.2 Å². The van der Waals surface area contributed by atoms with Gasteiger partial charge in [-0.2, -0.15) is 0 Å². The first-order chi connectivity index (χ1) is 24.5. The average molecular weight is 647 g/mol. The molecule has 0 bridgehead atoms. The average Bonchev–Trinajstić information content (AvgIpc) is 3.62. The molecule has 3 heterocycles. The normalized spacial score (nSPS) is 20.7.